The first kappa shape index (κ1) is 55.9. The molecule has 5 nitrogen and oxygen atoms in total. The first-order chi connectivity index (χ1) is 28.6. The van der Waals surface area contributed by atoms with Crippen LogP contribution in [0, 0.1) is 0 Å². The lowest BCUT2D eigenvalue weighted by Crippen LogP contribution is -2.30. The predicted octanol–water partition coefficient (Wildman–Crippen LogP) is 16.8. The van der Waals surface area contributed by atoms with Gasteiger partial charge in [-0.25, -0.2) is 0 Å². The van der Waals surface area contributed by atoms with Crippen LogP contribution in [-0.2, 0) is 23.8 Å². The molecule has 0 aliphatic rings. The van der Waals surface area contributed by atoms with Crippen molar-refractivity contribution in [2.24, 2.45) is 0 Å². The minimum atomic E-state index is -0.558. The monoisotopic (exact) mass is 813 g/mol. The van der Waals surface area contributed by atoms with Crippen molar-refractivity contribution in [1.82, 2.24) is 0 Å². The Balaban J connectivity index is 4.26. The molecule has 0 fully saturated rings. The van der Waals surface area contributed by atoms with E-state index in [0.717, 1.165) is 64.2 Å². The highest BCUT2D eigenvalue weighted by Crippen LogP contribution is 2.16. The molecule has 0 aromatic carbocycles. The summed E-state index contributed by atoms with van der Waals surface area (Å²) in [6, 6.07) is 0. The molecule has 0 N–H and O–H groups in total. The van der Waals surface area contributed by atoms with Crippen molar-refractivity contribution in [2.75, 3.05) is 19.8 Å². The first-order valence-corrected chi connectivity index (χ1v) is 25.2. The highest BCUT2D eigenvalue weighted by Gasteiger charge is 2.17. The molecule has 338 valence electrons. The van der Waals surface area contributed by atoms with Gasteiger partial charge >= 0.3 is 11.9 Å². The Hall–Kier alpha value is -2.14. The van der Waals surface area contributed by atoms with Crippen LogP contribution < -0.4 is 0 Å². The quantitative estimate of drug-likeness (QED) is 0.0348. The molecule has 1 atom stereocenters. The zero-order valence-corrected chi connectivity index (χ0v) is 38.8. The third kappa shape index (κ3) is 46.5. The topological polar surface area (TPSA) is 61.8 Å². The summed E-state index contributed by atoms with van der Waals surface area (Å²) in [4.78, 5) is 25.3. The van der Waals surface area contributed by atoms with Gasteiger partial charge in [0.15, 0.2) is 6.10 Å². The smallest absolute Gasteiger partial charge is 0.306 e. The van der Waals surface area contributed by atoms with Gasteiger partial charge in [0.1, 0.15) is 6.61 Å². The molecule has 0 bridgehead atoms. The third-order valence-corrected chi connectivity index (χ3v) is 10.9. The molecule has 0 aromatic heterocycles. The number of rotatable bonds is 46. The molecule has 0 heterocycles. The molecule has 0 radical (unpaired) electrons. The van der Waals surface area contributed by atoms with Gasteiger partial charge in [-0.05, 0) is 51.4 Å². The van der Waals surface area contributed by atoms with E-state index in [2.05, 4.69) is 69.4 Å². The molecule has 0 aliphatic carbocycles. The summed E-state index contributed by atoms with van der Waals surface area (Å²) in [6.07, 6.45) is 59.9. The molecule has 0 aliphatic heterocycles. The number of allylic oxidation sites excluding steroid dienone is 8. The maximum atomic E-state index is 12.7. The number of esters is 2. The second-order valence-corrected chi connectivity index (χ2v) is 16.7. The summed E-state index contributed by atoms with van der Waals surface area (Å²) < 4.78 is 17.3. The van der Waals surface area contributed by atoms with Crippen LogP contribution in [0.25, 0.3) is 0 Å². The van der Waals surface area contributed by atoms with E-state index in [0.29, 0.717) is 19.4 Å². The standard InChI is InChI=1S/C53H96O5/c1-4-7-10-13-16-19-22-24-26-27-28-29-32-34-37-40-43-46-52(54)57-50-51(58-53(55)47-44-41-38-35-31-21-18-15-12-9-6-3)49-56-48-45-42-39-36-33-30-25-23-20-17-14-11-8-5-2/h8,11,17,20,25,30,36,39,51H,4-7,9-10,12-16,18-19,21-24,26-29,31-35,37-38,40-50H2,1-3H3/b11-8-,20-17-,30-25-,39-36-. The minimum absolute atomic E-state index is 0.0681. The first-order valence-electron chi connectivity index (χ1n) is 25.2. The van der Waals surface area contributed by atoms with E-state index >= 15 is 0 Å². The number of hydrogen-bond acceptors (Lipinski definition) is 5. The molecule has 1 unspecified atom stereocenters. The summed E-state index contributed by atoms with van der Waals surface area (Å²) in [7, 11) is 0. The number of hydrogen-bond donors (Lipinski definition) is 0. The van der Waals surface area contributed by atoms with Crippen LogP contribution in [0.4, 0.5) is 0 Å². The average molecular weight is 813 g/mol. The third-order valence-electron chi connectivity index (χ3n) is 10.9. The maximum absolute atomic E-state index is 12.7. The maximum Gasteiger partial charge on any atom is 0.306 e. The molecule has 0 rings (SSSR count). The lowest BCUT2D eigenvalue weighted by molar-refractivity contribution is -0.163. The zero-order chi connectivity index (χ0) is 42.1. The van der Waals surface area contributed by atoms with E-state index < -0.39 is 6.10 Å². The fourth-order valence-electron chi connectivity index (χ4n) is 7.16. The van der Waals surface area contributed by atoms with E-state index in [9.17, 15) is 9.59 Å². The Morgan fingerprint density at radius 3 is 1.17 bits per heavy atom. The highest BCUT2D eigenvalue weighted by atomic mass is 16.6. The molecule has 0 saturated heterocycles. The van der Waals surface area contributed by atoms with Crippen molar-refractivity contribution in [1.29, 1.82) is 0 Å². The summed E-state index contributed by atoms with van der Waals surface area (Å²) in [5.41, 5.74) is 0. The number of unbranched alkanes of at least 4 members (excludes halogenated alkanes) is 27. The molecule has 58 heavy (non-hydrogen) atoms. The minimum Gasteiger partial charge on any atom is -0.462 e. The summed E-state index contributed by atoms with van der Waals surface area (Å²) in [6.45, 7) is 7.61. The predicted molar refractivity (Wildman–Crippen MR) is 251 cm³/mol. The normalized spacial score (nSPS) is 12.5. The lowest BCUT2D eigenvalue weighted by Gasteiger charge is -2.18. The van der Waals surface area contributed by atoms with Gasteiger partial charge in [0, 0.05) is 19.4 Å². The van der Waals surface area contributed by atoms with Crippen molar-refractivity contribution >= 4 is 11.9 Å². The van der Waals surface area contributed by atoms with Gasteiger partial charge in [-0.15, -0.1) is 0 Å². The van der Waals surface area contributed by atoms with Crippen LogP contribution >= 0.6 is 0 Å². The second kappa shape index (κ2) is 49.2. The molecule has 0 aromatic rings. The van der Waals surface area contributed by atoms with E-state index in [1.165, 1.54) is 154 Å². The fraction of sp³-hybridized carbons (Fsp3) is 0.811. The SMILES string of the molecule is CC/C=C\C/C=C\C/C=C\C/C=C\CCCOCC(COC(=O)CCCCCCCCCCCCCCCCCCC)OC(=O)CCCCCCCCCCCCC. The molecule has 0 saturated carbocycles. The Morgan fingerprint density at radius 2 is 0.759 bits per heavy atom. The van der Waals surface area contributed by atoms with Gasteiger partial charge in [0.05, 0.1) is 6.61 Å². The average Bonchev–Trinajstić information content (AvgIpc) is 3.22. The van der Waals surface area contributed by atoms with Gasteiger partial charge in [-0.2, -0.15) is 0 Å². The number of carbonyl (C=O) groups is 2. The van der Waals surface area contributed by atoms with Crippen molar-refractivity contribution in [3.63, 3.8) is 0 Å². The summed E-state index contributed by atoms with van der Waals surface area (Å²) in [5, 5.41) is 0. The Bertz CT molecular complexity index is 966. The van der Waals surface area contributed by atoms with Crippen molar-refractivity contribution < 1.29 is 23.8 Å². The molecular weight excluding hydrogens is 717 g/mol. The van der Waals surface area contributed by atoms with Gasteiger partial charge in [0.25, 0.3) is 0 Å². The zero-order valence-electron chi connectivity index (χ0n) is 38.8. The Labute approximate surface area is 361 Å². The molecular formula is C53H96O5. The van der Waals surface area contributed by atoms with Crippen LogP contribution in [-0.4, -0.2) is 37.9 Å². The Kier molecular flexibility index (Phi) is 47.4. The van der Waals surface area contributed by atoms with Crippen molar-refractivity contribution in [3.05, 3.63) is 48.6 Å². The number of carbonyl (C=O) groups excluding carboxylic acids is 2. The van der Waals surface area contributed by atoms with Crippen molar-refractivity contribution in [3.8, 4) is 0 Å². The summed E-state index contributed by atoms with van der Waals surface area (Å²) >= 11 is 0. The van der Waals surface area contributed by atoms with Crippen LogP contribution in [0.3, 0.4) is 0 Å². The second-order valence-electron chi connectivity index (χ2n) is 16.7. The van der Waals surface area contributed by atoms with E-state index in [4.69, 9.17) is 14.2 Å². The van der Waals surface area contributed by atoms with Crippen LogP contribution in [0.1, 0.15) is 252 Å². The lowest BCUT2D eigenvalue weighted by atomic mass is 10.0. The highest BCUT2D eigenvalue weighted by molar-refractivity contribution is 5.70. The largest absolute Gasteiger partial charge is 0.462 e. The number of ether oxygens (including phenoxy) is 3. The molecule has 0 spiro atoms. The van der Waals surface area contributed by atoms with Crippen LogP contribution in [0.5, 0.6) is 0 Å². The van der Waals surface area contributed by atoms with E-state index in [1.807, 2.05) is 0 Å². The fourth-order valence-corrected chi connectivity index (χ4v) is 7.16. The summed E-state index contributed by atoms with van der Waals surface area (Å²) in [5.74, 6) is -0.416. The molecule has 0 amide bonds. The molecule has 5 heteroatoms. The van der Waals surface area contributed by atoms with Gasteiger partial charge in [-0.1, -0.05) is 236 Å². The van der Waals surface area contributed by atoms with Crippen molar-refractivity contribution in [2.45, 2.75) is 258 Å². The van der Waals surface area contributed by atoms with E-state index in [-0.39, 0.29) is 25.2 Å². The van der Waals surface area contributed by atoms with E-state index in [1.54, 1.807) is 0 Å². The van der Waals surface area contributed by atoms with Gasteiger partial charge in [0.2, 0.25) is 0 Å². The van der Waals surface area contributed by atoms with Crippen LogP contribution in [0.15, 0.2) is 48.6 Å². The van der Waals surface area contributed by atoms with Gasteiger partial charge < -0.3 is 14.2 Å². The van der Waals surface area contributed by atoms with Gasteiger partial charge in [-0.3, -0.25) is 9.59 Å². The van der Waals surface area contributed by atoms with Crippen LogP contribution in [0.2, 0.25) is 0 Å². The Morgan fingerprint density at radius 1 is 0.397 bits per heavy atom.